The third-order valence-electron chi connectivity index (χ3n) is 4.85. The van der Waals surface area contributed by atoms with E-state index in [2.05, 4.69) is 9.88 Å². The molecule has 2 aliphatic heterocycles. The number of imidazole rings is 1. The van der Waals surface area contributed by atoms with Crippen molar-refractivity contribution in [1.29, 1.82) is 0 Å². The van der Waals surface area contributed by atoms with Crippen LogP contribution in [0.4, 0.5) is 13.2 Å². The van der Waals surface area contributed by atoms with Gasteiger partial charge in [-0.2, -0.15) is 13.2 Å². The Kier molecular flexibility index (Phi) is 4.85. The number of alkyl halides is 3. The zero-order valence-corrected chi connectivity index (χ0v) is 13.7. The van der Waals surface area contributed by atoms with E-state index in [9.17, 15) is 18.0 Å². The van der Waals surface area contributed by atoms with Crippen LogP contribution in [0.25, 0.3) is 0 Å². The minimum atomic E-state index is -4.38. The molecule has 0 radical (unpaired) electrons. The van der Waals surface area contributed by atoms with E-state index < -0.39 is 11.9 Å². The van der Waals surface area contributed by atoms with Gasteiger partial charge < -0.3 is 14.2 Å². The Morgan fingerprint density at radius 1 is 1.42 bits per heavy atom. The highest BCUT2D eigenvalue weighted by Gasteiger charge is 2.36. The van der Waals surface area contributed by atoms with Crippen LogP contribution in [0.5, 0.6) is 0 Å². The third-order valence-corrected chi connectivity index (χ3v) is 4.85. The summed E-state index contributed by atoms with van der Waals surface area (Å²) >= 11 is 0. The van der Waals surface area contributed by atoms with Gasteiger partial charge >= 0.3 is 12.1 Å². The zero-order chi connectivity index (χ0) is 17.3. The number of fused-ring (bicyclic) bond motifs is 1. The van der Waals surface area contributed by atoms with Crippen molar-refractivity contribution in [3.8, 4) is 0 Å². The van der Waals surface area contributed by atoms with Crippen molar-refractivity contribution in [1.82, 2.24) is 14.5 Å². The van der Waals surface area contributed by atoms with Crippen LogP contribution in [-0.4, -0.2) is 47.2 Å². The summed E-state index contributed by atoms with van der Waals surface area (Å²) < 4.78 is 44.8. The van der Waals surface area contributed by atoms with E-state index in [4.69, 9.17) is 4.74 Å². The van der Waals surface area contributed by atoms with E-state index in [1.54, 1.807) is 4.57 Å². The summed E-state index contributed by atoms with van der Waals surface area (Å²) in [5.41, 5.74) is -0.800. The fraction of sp³-hybridized carbons (Fsp3) is 0.750. The topological polar surface area (TPSA) is 47.4 Å². The summed E-state index contributed by atoms with van der Waals surface area (Å²) in [5.74, 6) is 0.709. The van der Waals surface area contributed by atoms with E-state index in [0.29, 0.717) is 31.3 Å². The largest absolute Gasteiger partial charge is 0.465 e. The lowest BCUT2D eigenvalue weighted by atomic mass is 9.98. The van der Waals surface area contributed by atoms with Crippen molar-refractivity contribution in [3.63, 3.8) is 0 Å². The van der Waals surface area contributed by atoms with Crippen LogP contribution in [0.15, 0.2) is 6.20 Å². The molecule has 3 rings (SSSR count). The van der Waals surface area contributed by atoms with E-state index >= 15 is 0 Å². The molecule has 5 nitrogen and oxygen atoms in total. The molecule has 0 aliphatic carbocycles. The van der Waals surface area contributed by atoms with Crippen molar-refractivity contribution in [2.45, 2.75) is 38.4 Å². The second kappa shape index (κ2) is 6.74. The molecule has 2 atom stereocenters. The predicted molar refractivity (Wildman–Crippen MR) is 80.2 cm³/mol. The van der Waals surface area contributed by atoms with Gasteiger partial charge in [-0.25, -0.2) is 4.98 Å². The van der Waals surface area contributed by atoms with Crippen molar-refractivity contribution in [2.75, 3.05) is 26.7 Å². The first-order valence-electron chi connectivity index (χ1n) is 8.31. The first-order chi connectivity index (χ1) is 11.3. The smallest absolute Gasteiger partial charge is 0.434 e. The summed E-state index contributed by atoms with van der Waals surface area (Å²) in [6.07, 6.45) is -0.290. The number of aromatic nitrogens is 2. The molecule has 24 heavy (non-hydrogen) atoms. The van der Waals surface area contributed by atoms with Crippen LogP contribution in [0.1, 0.15) is 30.8 Å². The number of rotatable bonds is 5. The van der Waals surface area contributed by atoms with Gasteiger partial charge in [0.25, 0.3) is 0 Å². The first kappa shape index (κ1) is 17.3. The third kappa shape index (κ3) is 3.91. The number of esters is 1. The Bertz CT molecular complexity index is 600. The molecule has 0 spiro atoms. The average molecular weight is 345 g/mol. The molecule has 1 aromatic heterocycles. The van der Waals surface area contributed by atoms with Crippen LogP contribution in [0, 0.1) is 11.8 Å². The van der Waals surface area contributed by atoms with Crippen LogP contribution >= 0.6 is 0 Å². The number of ether oxygens (including phenoxy) is 1. The molecular formula is C16H22F3N3O2. The van der Waals surface area contributed by atoms with E-state index in [1.165, 1.54) is 0 Å². The van der Waals surface area contributed by atoms with E-state index in [-0.39, 0.29) is 11.9 Å². The quantitative estimate of drug-likeness (QED) is 0.769. The summed E-state index contributed by atoms with van der Waals surface area (Å²) in [7, 11) is 1.99. The zero-order valence-electron chi connectivity index (χ0n) is 13.7. The Morgan fingerprint density at radius 3 is 2.88 bits per heavy atom. The molecule has 0 aromatic carbocycles. The minimum Gasteiger partial charge on any atom is -0.465 e. The second-order valence-corrected chi connectivity index (χ2v) is 6.80. The number of carbonyl (C=O) groups is 1. The monoisotopic (exact) mass is 345 g/mol. The highest BCUT2D eigenvalue weighted by molar-refractivity contribution is 5.74. The van der Waals surface area contributed by atoms with Gasteiger partial charge in [-0.15, -0.1) is 0 Å². The van der Waals surface area contributed by atoms with Crippen molar-refractivity contribution in [2.24, 2.45) is 11.8 Å². The Morgan fingerprint density at radius 2 is 2.21 bits per heavy atom. The Balaban J connectivity index is 1.50. The minimum absolute atomic E-state index is 0.00611. The summed E-state index contributed by atoms with van der Waals surface area (Å²) in [5, 5.41) is 0. The number of hydrogen-bond acceptors (Lipinski definition) is 4. The molecule has 0 amide bonds. The van der Waals surface area contributed by atoms with Gasteiger partial charge in [0.1, 0.15) is 5.82 Å². The maximum Gasteiger partial charge on any atom is 0.434 e. The number of hydrogen-bond donors (Lipinski definition) is 0. The highest BCUT2D eigenvalue weighted by Crippen LogP contribution is 2.30. The number of cyclic esters (lactones) is 1. The summed E-state index contributed by atoms with van der Waals surface area (Å²) in [6.45, 7) is 2.68. The van der Waals surface area contributed by atoms with Gasteiger partial charge in [-0.05, 0) is 38.8 Å². The number of halogens is 3. The molecule has 1 saturated heterocycles. The van der Waals surface area contributed by atoms with Crippen LogP contribution in [0.3, 0.4) is 0 Å². The van der Waals surface area contributed by atoms with Gasteiger partial charge in [0.15, 0.2) is 5.69 Å². The first-order valence-corrected chi connectivity index (χ1v) is 8.31. The average Bonchev–Trinajstić information content (AvgIpc) is 3.10. The normalized spacial score (nSPS) is 24.3. The Labute approximate surface area is 138 Å². The van der Waals surface area contributed by atoms with Gasteiger partial charge in [-0.3, -0.25) is 4.79 Å². The molecular weight excluding hydrogens is 323 g/mol. The maximum atomic E-state index is 12.7. The fourth-order valence-corrected chi connectivity index (χ4v) is 3.51. The van der Waals surface area contributed by atoms with Crippen LogP contribution < -0.4 is 0 Å². The predicted octanol–water partition coefficient (Wildman–Crippen LogP) is 2.35. The van der Waals surface area contributed by atoms with Gasteiger partial charge in [-0.1, -0.05) is 0 Å². The van der Waals surface area contributed by atoms with Gasteiger partial charge in [0.05, 0.1) is 12.5 Å². The molecule has 1 fully saturated rings. The van der Waals surface area contributed by atoms with Crippen molar-refractivity contribution >= 4 is 5.97 Å². The molecule has 2 aliphatic rings. The number of aryl methyl sites for hydroxylation is 1. The van der Waals surface area contributed by atoms with Crippen LogP contribution in [-0.2, 0) is 28.7 Å². The molecule has 8 heteroatoms. The molecule has 1 aromatic rings. The second-order valence-electron chi connectivity index (χ2n) is 6.80. The highest BCUT2D eigenvalue weighted by atomic mass is 19.4. The molecule has 0 saturated carbocycles. The van der Waals surface area contributed by atoms with Gasteiger partial charge in [0.2, 0.25) is 0 Å². The Hall–Kier alpha value is -1.57. The van der Waals surface area contributed by atoms with Crippen molar-refractivity contribution < 1.29 is 22.7 Å². The number of nitrogens with zero attached hydrogens (tertiary/aromatic N) is 3. The molecule has 2 unspecified atom stereocenters. The SMILES string of the molecule is CN(CCC1CCOC1=O)CC1CCc2nc(C(F)(F)F)cn2C1. The maximum absolute atomic E-state index is 12.7. The summed E-state index contributed by atoms with van der Waals surface area (Å²) in [6, 6.07) is 0. The lowest BCUT2D eigenvalue weighted by Gasteiger charge is -2.28. The van der Waals surface area contributed by atoms with E-state index in [1.807, 2.05) is 7.05 Å². The summed E-state index contributed by atoms with van der Waals surface area (Å²) in [4.78, 5) is 17.3. The van der Waals surface area contributed by atoms with Crippen molar-refractivity contribution in [3.05, 3.63) is 17.7 Å². The van der Waals surface area contributed by atoms with E-state index in [0.717, 1.165) is 38.5 Å². The standard InChI is InChI=1S/C16H22F3N3O2/c1-21(6-4-12-5-7-24-15(12)23)8-11-2-3-14-20-13(16(17,18)19)10-22(14)9-11/h10-12H,2-9H2,1H3. The molecule has 3 heterocycles. The van der Waals surface area contributed by atoms with Gasteiger partial charge in [0, 0.05) is 25.7 Å². The molecule has 0 bridgehead atoms. The molecule has 0 N–H and O–H groups in total. The van der Waals surface area contributed by atoms with Crippen LogP contribution in [0.2, 0.25) is 0 Å². The lowest BCUT2D eigenvalue weighted by Crippen LogP contribution is -2.33. The molecule has 134 valence electrons. The fourth-order valence-electron chi connectivity index (χ4n) is 3.51. The number of carbonyl (C=O) groups excluding carboxylic acids is 1. The lowest BCUT2D eigenvalue weighted by molar-refractivity contribution is -0.142.